The summed E-state index contributed by atoms with van der Waals surface area (Å²) in [6.07, 6.45) is 6.30. The van der Waals surface area contributed by atoms with Crippen LogP contribution >= 0.6 is 23.2 Å². The Balaban J connectivity index is 1.73. The number of hydrogen-bond acceptors (Lipinski definition) is 4. The van der Waals surface area contributed by atoms with Crippen LogP contribution in [0.3, 0.4) is 0 Å². The third kappa shape index (κ3) is 3.77. The number of carbonyl (C=O) groups excluding carboxylic acids is 1. The Hall–Kier alpha value is -2.64. The third-order valence-electron chi connectivity index (χ3n) is 2.84. The molecule has 2 heterocycles. The molecule has 1 aromatic carbocycles. The van der Waals surface area contributed by atoms with Crippen LogP contribution in [0.5, 0.6) is 0 Å². The molecule has 0 unspecified atom stereocenters. The molecule has 3 rings (SSSR count). The summed E-state index contributed by atoms with van der Waals surface area (Å²) in [4.78, 5) is 24.1. The Bertz CT molecular complexity index is 837. The lowest BCUT2D eigenvalue weighted by Gasteiger charge is -2.09. The van der Waals surface area contributed by atoms with E-state index in [2.05, 4.69) is 25.6 Å². The van der Waals surface area contributed by atoms with Gasteiger partial charge in [0.1, 0.15) is 24.3 Å². The maximum absolute atomic E-state index is 12.0. The topological polar surface area (TPSA) is 84.7 Å². The fourth-order valence-electron chi connectivity index (χ4n) is 1.81. The van der Waals surface area contributed by atoms with Crippen molar-refractivity contribution in [1.82, 2.24) is 19.5 Å². The summed E-state index contributed by atoms with van der Waals surface area (Å²) >= 11 is 11.9. The maximum atomic E-state index is 12.0. The van der Waals surface area contributed by atoms with Crippen molar-refractivity contribution in [3.8, 4) is 5.82 Å². The first-order valence-electron chi connectivity index (χ1n) is 6.45. The summed E-state index contributed by atoms with van der Waals surface area (Å²) in [5, 5.41) is 6.06. The molecule has 9 heteroatoms. The molecule has 0 atom stereocenters. The highest BCUT2D eigenvalue weighted by Gasteiger charge is 2.08. The molecule has 0 spiro atoms. The van der Waals surface area contributed by atoms with Gasteiger partial charge in [-0.2, -0.15) is 0 Å². The minimum atomic E-state index is -0.496. The minimum absolute atomic E-state index is 0.333. The molecule has 2 N–H and O–H groups in total. The Morgan fingerprint density at radius 1 is 1.13 bits per heavy atom. The molecule has 7 nitrogen and oxygen atoms in total. The van der Waals surface area contributed by atoms with Gasteiger partial charge in [-0.3, -0.25) is 9.88 Å². The number of nitrogens with zero attached hydrogens (tertiary/aromatic N) is 4. The summed E-state index contributed by atoms with van der Waals surface area (Å²) < 4.78 is 1.69. The van der Waals surface area contributed by atoms with Crippen LogP contribution in [-0.2, 0) is 0 Å². The fourth-order valence-corrected chi connectivity index (χ4v) is 2.15. The summed E-state index contributed by atoms with van der Waals surface area (Å²) in [6, 6.07) is 5.90. The number of nitrogens with one attached hydrogen (secondary N) is 2. The number of carbonyl (C=O) groups is 1. The highest BCUT2D eigenvalue weighted by atomic mass is 35.5. The number of hydrogen-bond donors (Lipinski definition) is 2. The third-order valence-corrected chi connectivity index (χ3v) is 3.40. The largest absolute Gasteiger partial charge is 0.324 e. The molecule has 2 amide bonds. The highest BCUT2D eigenvalue weighted by molar-refractivity contribution is 6.35. The van der Waals surface area contributed by atoms with E-state index in [4.69, 9.17) is 23.2 Å². The summed E-state index contributed by atoms with van der Waals surface area (Å²) in [5.74, 6) is 0.910. The molecular formula is C14H10Cl2N6O. The molecule has 23 heavy (non-hydrogen) atoms. The predicted octanol–water partition coefficient (Wildman–Crippen LogP) is 3.61. The van der Waals surface area contributed by atoms with E-state index in [0.717, 1.165) is 0 Å². The summed E-state index contributed by atoms with van der Waals surface area (Å²) in [6.45, 7) is 0. The van der Waals surface area contributed by atoms with Gasteiger partial charge in [0.05, 0.1) is 10.7 Å². The van der Waals surface area contributed by atoms with Gasteiger partial charge < -0.3 is 5.32 Å². The van der Waals surface area contributed by atoms with E-state index < -0.39 is 6.03 Å². The Morgan fingerprint density at radius 2 is 2.00 bits per heavy atom. The molecule has 3 aromatic rings. The second-order valence-corrected chi connectivity index (χ2v) is 5.28. The molecule has 2 aromatic heterocycles. The van der Waals surface area contributed by atoms with Gasteiger partial charge in [0.15, 0.2) is 0 Å². The van der Waals surface area contributed by atoms with Crippen LogP contribution < -0.4 is 10.6 Å². The average molecular weight is 349 g/mol. The number of benzene rings is 1. The number of urea groups is 1. The molecule has 0 aliphatic heterocycles. The van der Waals surface area contributed by atoms with Gasteiger partial charge >= 0.3 is 6.03 Å². The van der Waals surface area contributed by atoms with Crippen LogP contribution in [0.1, 0.15) is 0 Å². The lowest BCUT2D eigenvalue weighted by atomic mass is 10.3. The van der Waals surface area contributed by atoms with Gasteiger partial charge in [0.25, 0.3) is 0 Å². The van der Waals surface area contributed by atoms with Crippen molar-refractivity contribution in [3.63, 3.8) is 0 Å². The Morgan fingerprint density at radius 3 is 2.78 bits per heavy atom. The van der Waals surface area contributed by atoms with Crippen molar-refractivity contribution in [3.05, 3.63) is 59.4 Å². The van der Waals surface area contributed by atoms with Gasteiger partial charge in [0.2, 0.25) is 0 Å². The highest BCUT2D eigenvalue weighted by Crippen LogP contribution is 2.25. The van der Waals surface area contributed by atoms with Crippen molar-refractivity contribution in [2.45, 2.75) is 0 Å². The van der Waals surface area contributed by atoms with E-state index in [1.807, 2.05) is 0 Å². The first-order valence-corrected chi connectivity index (χ1v) is 7.21. The zero-order valence-electron chi connectivity index (χ0n) is 11.6. The van der Waals surface area contributed by atoms with Crippen LogP contribution in [0.25, 0.3) is 5.82 Å². The zero-order chi connectivity index (χ0) is 16.2. The Labute approximate surface area is 141 Å². The van der Waals surface area contributed by atoms with Crippen molar-refractivity contribution in [2.24, 2.45) is 0 Å². The normalized spacial score (nSPS) is 10.3. The second kappa shape index (κ2) is 6.64. The zero-order valence-corrected chi connectivity index (χ0v) is 13.1. The van der Waals surface area contributed by atoms with Gasteiger partial charge in [-0.15, -0.1) is 0 Å². The van der Waals surface area contributed by atoms with Crippen LogP contribution in [0, 0.1) is 0 Å². The molecule has 0 aliphatic carbocycles. The van der Waals surface area contributed by atoms with Gasteiger partial charge in [-0.05, 0) is 18.2 Å². The minimum Gasteiger partial charge on any atom is -0.306 e. The average Bonchev–Trinajstić information content (AvgIpc) is 3.05. The van der Waals surface area contributed by atoms with Gasteiger partial charge in [-0.25, -0.2) is 19.7 Å². The quantitative estimate of drug-likeness (QED) is 0.756. The lowest BCUT2D eigenvalue weighted by Crippen LogP contribution is -2.20. The molecular weight excluding hydrogens is 339 g/mol. The number of amides is 2. The number of rotatable bonds is 3. The van der Waals surface area contributed by atoms with E-state index in [1.165, 1.54) is 6.33 Å². The van der Waals surface area contributed by atoms with Crippen molar-refractivity contribution >= 4 is 40.7 Å². The van der Waals surface area contributed by atoms with E-state index in [1.54, 1.807) is 47.6 Å². The van der Waals surface area contributed by atoms with E-state index in [0.29, 0.717) is 27.4 Å². The first-order chi connectivity index (χ1) is 11.1. The summed E-state index contributed by atoms with van der Waals surface area (Å²) in [7, 11) is 0. The molecule has 0 aliphatic rings. The molecule has 0 fully saturated rings. The molecule has 0 bridgehead atoms. The lowest BCUT2D eigenvalue weighted by molar-refractivity contribution is 0.262. The van der Waals surface area contributed by atoms with Crippen molar-refractivity contribution in [2.75, 3.05) is 10.6 Å². The standard InChI is InChI=1S/C14H10Cl2N6O/c15-9-1-2-10(16)11(5-9)20-14(23)21-12-6-13(19-7-18-12)22-4-3-17-8-22/h1-8H,(H2,18,19,20,21,23). The number of imidazole rings is 1. The Kier molecular flexibility index (Phi) is 4.40. The van der Waals surface area contributed by atoms with E-state index in [9.17, 15) is 4.79 Å². The monoisotopic (exact) mass is 348 g/mol. The smallest absolute Gasteiger partial charge is 0.306 e. The number of aromatic nitrogens is 4. The molecule has 0 saturated carbocycles. The second-order valence-electron chi connectivity index (χ2n) is 4.43. The van der Waals surface area contributed by atoms with Crippen LogP contribution in [0.4, 0.5) is 16.3 Å². The number of anilines is 2. The van der Waals surface area contributed by atoms with Crippen molar-refractivity contribution in [1.29, 1.82) is 0 Å². The number of halogens is 2. The fraction of sp³-hybridized carbons (Fsp3) is 0. The molecule has 0 radical (unpaired) electrons. The van der Waals surface area contributed by atoms with Crippen LogP contribution in [0.15, 0.2) is 49.3 Å². The first kappa shape index (κ1) is 15.3. The van der Waals surface area contributed by atoms with E-state index >= 15 is 0 Å². The van der Waals surface area contributed by atoms with Crippen LogP contribution in [0.2, 0.25) is 10.0 Å². The maximum Gasteiger partial charge on any atom is 0.324 e. The molecule has 116 valence electrons. The van der Waals surface area contributed by atoms with E-state index in [-0.39, 0.29) is 0 Å². The SMILES string of the molecule is O=C(Nc1cc(-n2ccnc2)ncn1)Nc1cc(Cl)ccc1Cl. The van der Waals surface area contributed by atoms with Gasteiger partial charge in [-0.1, -0.05) is 23.2 Å². The predicted molar refractivity (Wildman–Crippen MR) is 88.3 cm³/mol. The van der Waals surface area contributed by atoms with Gasteiger partial charge in [0, 0.05) is 23.5 Å². The molecule has 0 saturated heterocycles. The van der Waals surface area contributed by atoms with Crippen molar-refractivity contribution < 1.29 is 4.79 Å². The summed E-state index contributed by atoms with van der Waals surface area (Å²) in [5.41, 5.74) is 0.403. The van der Waals surface area contributed by atoms with Crippen LogP contribution in [-0.4, -0.2) is 25.6 Å².